The van der Waals surface area contributed by atoms with E-state index in [0.717, 1.165) is 13.1 Å². The SMILES string of the molecule is C/C(=C\CN(C)Cc1ccccc1)c1ccc2ccccc2c1. The molecule has 3 aromatic carbocycles. The largest absolute Gasteiger partial charge is 0.298 e. The zero-order valence-electron chi connectivity index (χ0n) is 13.9. The molecule has 0 fully saturated rings. The Balaban J connectivity index is 1.68. The van der Waals surface area contributed by atoms with Crippen molar-refractivity contribution in [2.45, 2.75) is 13.5 Å². The van der Waals surface area contributed by atoms with Crippen molar-refractivity contribution in [2.24, 2.45) is 0 Å². The number of hydrogen-bond donors (Lipinski definition) is 0. The second-order valence-corrected chi connectivity index (χ2v) is 6.13. The van der Waals surface area contributed by atoms with Crippen LogP contribution in [0.15, 0.2) is 78.9 Å². The summed E-state index contributed by atoms with van der Waals surface area (Å²) in [6, 6.07) is 25.8. The highest BCUT2D eigenvalue weighted by Gasteiger charge is 2.01. The maximum Gasteiger partial charge on any atom is 0.0233 e. The molecule has 0 atom stereocenters. The van der Waals surface area contributed by atoms with Crippen molar-refractivity contribution >= 4 is 16.3 Å². The molecular weight excluding hydrogens is 278 g/mol. The van der Waals surface area contributed by atoms with Gasteiger partial charge in [-0.1, -0.05) is 72.8 Å². The zero-order chi connectivity index (χ0) is 16.1. The molecule has 0 aromatic heterocycles. The highest BCUT2D eigenvalue weighted by Crippen LogP contribution is 2.21. The van der Waals surface area contributed by atoms with Gasteiger partial charge in [-0.3, -0.25) is 4.90 Å². The van der Waals surface area contributed by atoms with Crippen LogP contribution in [0.5, 0.6) is 0 Å². The summed E-state index contributed by atoms with van der Waals surface area (Å²) in [7, 11) is 2.16. The van der Waals surface area contributed by atoms with E-state index in [2.05, 4.69) is 97.7 Å². The van der Waals surface area contributed by atoms with Crippen molar-refractivity contribution in [1.29, 1.82) is 0 Å². The monoisotopic (exact) mass is 301 g/mol. The van der Waals surface area contributed by atoms with E-state index < -0.39 is 0 Å². The van der Waals surface area contributed by atoms with Crippen LogP contribution in [0.2, 0.25) is 0 Å². The lowest BCUT2D eigenvalue weighted by Gasteiger charge is -2.15. The Kier molecular flexibility index (Phi) is 4.89. The first kappa shape index (κ1) is 15.5. The van der Waals surface area contributed by atoms with E-state index in [1.165, 1.54) is 27.5 Å². The number of nitrogens with zero attached hydrogens (tertiary/aromatic N) is 1. The van der Waals surface area contributed by atoms with Crippen molar-refractivity contribution in [1.82, 2.24) is 4.90 Å². The van der Waals surface area contributed by atoms with Crippen LogP contribution in [-0.2, 0) is 6.54 Å². The first-order valence-corrected chi connectivity index (χ1v) is 8.11. The molecule has 0 bridgehead atoms. The van der Waals surface area contributed by atoms with Gasteiger partial charge in [0, 0.05) is 13.1 Å². The van der Waals surface area contributed by atoms with Crippen molar-refractivity contribution in [3.05, 3.63) is 90.0 Å². The smallest absolute Gasteiger partial charge is 0.0233 e. The molecule has 23 heavy (non-hydrogen) atoms. The van der Waals surface area contributed by atoms with Crippen molar-refractivity contribution in [3.8, 4) is 0 Å². The minimum Gasteiger partial charge on any atom is -0.298 e. The lowest BCUT2D eigenvalue weighted by molar-refractivity contribution is 0.363. The van der Waals surface area contributed by atoms with Gasteiger partial charge in [0.05, 0.1) is 0 Å². The third-order valence-electron chi connectivity index (χ3n) is 4.21. The maximum atomic E-state index is 2.33. The Bertz CT molecular complexity index is 802. The van der Waals surface area contributed by atoms with Gasteiger partial charge in [-0.15, -0.1) is 0 Å². The summed E-state index contributed by atoms with van der Waals surface area (Å²) in [5.74, 6) is 0. The van der Waals surface area contributed by atoms with Crippen molar-refractivity contribution in [2.75, 3.05) is 13.6 Å². The Morgan fingerprint density at radius 1 is 0.870 bits per heavy atom. The molecule has 0 saturated heterocycles. The van der Waals surface area contributed by atoms with E-state index in [9.17, 15) is 0 Å². The maximum absolute atomic E-state index is 2.33. The predicted molar refractivity (Wildman–Crippen MR) is 100 cm³/mol. The molecule has 0 spiro atoms. The summed E-state index contributed by atoms with van der Waals surface area (Å²) in [6.07, 6.45) is 2.31. The van der Waals surface area contributed by atoms with Crippen LogP contribution in [0.25, 0.3) is 16.3 Å². The Morgan fingerprint density at radius 2 is 1.57 bits per heavy atom. The van der Waals surface area contributed by atoms with Gasteiger partial charge in [0.15, 0.2) is 0 Å². The standard InChI is InChI=1S/C22H23N/c1-18(14-15-23(2)17-19-8-4-3-5-9-19)21-13-12-20-10-6-7-11-22(20)16-21/h3-14,16H,15,17H2,1-2H3/b18-14+. The van der Waals surface area contributed by atoms with Gasteiger partial charge in [0.25, 0.3) is 0 Å². The number of likely N-dealkylation sites (N-methyl/N-ethyl adjacent to an activating group) is 1. The van der Waals surface area contributed by atoms with E-state index in [0.29, 0.717) is 0 Å². The Hall–Kier alpha value is -2.38. The van der Waals surface area contributed by atoms with Crippen LogP contribution in [0.1, 0.15) is 18.1 Å². The number of benzene rings is 3. The number of allylic oxidation sites excluding steroid dienone is 1. The van der Waals surface area contributed by atoms with E-state index in [1.54, 1.807) is 0 Å². The molecule has 0 aliphatic carbocycles. The summed E-state index contributed by atoms with van der Waals surface area (Å²) >= 11 is 0. The molecule has 0 radical (unpaired) electrons. The van der Waals surface area contributed by atoms with Gasteiger partial charge >= 0.3 is 0 Å². The van der Waals surface area contributed by atoms with Crippen LogP contribution in [0.4, 0.5) is 0 Å². The highest BCUT2D eigenvalue weighted by atomic mass is 15.1. The lowest BCUT2D eigenvalue weighted by atomic mass is 10.0. The normalized spacial score (nSPS) is 12.0. The summed E-state index contributed by atoms with van der Waals surface area (Å²) < 4.78 is 0. The third-order valence-corrected chi connectivity index (χ3v) is 4.21. The topological polar surface area (TPSA) is 3.24 Å². The second-order valence-electron chi connectivity index (χ2n) is 6.13. The molecule has 0 aliphatic heterocycles. The zero-order valence-corrected chi connectivity index (χ0v) is 13.9. The minimum atomic E-state index is 0.952. The van der Waals surface area contributed by atoms with Gasteiger partial charge in [-0.25, -0.2) is 0 Å². The number of fused-ring (bicyclic) bond motifs is 1. The average Bonchev–Trinajstić information content (AvgIpc) is 2.60. The summed E-state index contributed by atoms with van der Waals surface area (Å²) in [5.41, 5.74) is 3.99. The first-order valence-electron chi connectivity index (χ1n) is 8.11. The molecule has 0 heterocycles. The molecule has 0 saturated carbocycles. The first-order chi connectivity index (χ1) is 11.2. The summed E-state index contributed by atoms with van der Waals surface area (Å²) in [5, 5.41) is 2.60. The van der Waals surface area contributed by atoms with Gasteiger partial charge < -0.3 is 0 Å². The number of rotatable bonds is 5. The van der Waals surface area contributed by atoms with E-state index in [1.807, 2.05) is 0 Å². The van der Waals surface area contributed by atoms with Crippen molar-refractivity contribution in [3.63, 3.8) is 0 Å². The molecule has 0 N–H and O–H groups in total. The molecule has 1 heteroatoms. The molecular formula is C22H23N. The van der Waals surface area contributed by atoms with Gasteiger partial charge in [0.1, 0.15) is 0 Å². The van der Waals surface area contributed by atoms with Gasteiger partial charge in [-0.2, -0.15) is 0 Å². The fourth-order valence-corrected chi connectivity index (χ4v) is 2.80. The Labute approximate surface area is 138 Å². The molecule has 116 valence electrons. The lowest BCUT2D eigenvalue weighted by Crippen LogP contribution is -2.17. The number of hydrogen-bond acceptors (Lipinski definition) is 1. The van der Waals surface area contributed by atoms with E-state index in [-0.39, 0.29) is 0 Å². The third kappa shape index (κ3) is 4.08. The highest BCUT2D eigenvalue weighted by molar-refractivity contribution is 5.86. The van der Waals surface area contributed by atoms with Crippen LogP contribution in [0, 0.1) is 0 Å². The molecule has 3 aromatic rings. The van der Waals surface area contributed by atoms with Crippen LogP contribution >= 0.6 is 0 Å². The fraction of sp³-hybridized carbons (Fsp3) is 0.182. The van der Waals surface area contributed by atoms with E-state index >= 15 is 0 Å². The predicted octanol–water partition coefficient (Wildman–Crippen LogP) is 5.38. The molecule has 0 amide bonds. The second kappa shape index (κ2) is 7.26. The molecule has 0 aliphatic rings. The van der Waals surface area contributed by atoms with E-state index in [4.69, 9.17) is 0 Å². The Morgan fingerprint density at radius 3 is 2.35 bits per heavy atom. The van der Waals surface area contributed by atoms with Gasteiger partial charge in [-0.05, 0) is 47.5 Å². The summed E-state index contributed by atoms with van der Waals surface area (Å²) in [4.78, 5) is 2.33. The molecule has 3 rings (SSSR count). The molecule has 0 unspecified atom stereocenters. The summed E-state index contributed by atoms with van der Waals surface area (Å²) in [6.45, 7) is 4.12. The van der Waals surface area contributed by atoms with Gasteiger partial charge in [0.2, 0.25) is 0 Å². The average molecular weight is 301 g/mol. The van der Waals surface area contributed by atoms with Crippen molar-refractivity contribution < 1.29 is 0 Å². The van der Waals surface area contributed by atoms with Crippen LogP contribution in [-0.4, -0.2) is 18.5 Å². The minimum absolute atomic E-state index is 0.952. The van der Waals surface area contributed by atoms with Crippen LogP contribution in [0.3, 0.4) is 0 Å². The van der Waals surface area contributed by atoms with Crippen LogP contribution < -0.4 is 0 Å². The quantitative estimate of drug-likeness (QED) is 0.612. The molecule has 1 nitrogen and oxygen atoms in total. The fourth-order valence-electron chi connectivity index (χ4n) is 2.80.